The number of ether oxygens (including phenoxy) is 1. The average molecular weight is 278 g/mol. The lowest BCUT2D eigenvalue weighted by molar-refractivity contribution is -0.0354. The smallest absolute Gasteiger partial charge is 0.0982 e. The maximum atomic E-state index is 5.93. The number of hydrogen-bond donors (Lipinski definition) is 1. The third-order valence-electron chi connectivity index (χ3n) is 4.41. The molecule has 112 valence electrons. The van der Waals surface area contributed by atoms with Crippen LogP contribution in [0.4, 0.5) is 0 Å². The van der Waals surface area contributed by atoms with E-state index in [2.05, 4.69) is 28.4 Å². The highest BCUT2D eigenvalue weighted by Gasteiger charge is 2.25. The van der Waals surface area contributed by atoms with E-state index in [1.165, 1.54) is 38.0 Å². The van der Waals surface area contributed by atoms with Crippen molar-refractivity contribution < 1.29 is 4.74 Å². The number of nitrogens with zero attached hydrogens (tertiary/aromatic N) is 3. The van der Waals surface area contributed by atoms with Crippen molar-refractivity contribution in [1.29, 1.82) is 0 Å². The van der Waals surface area contributed by atoms with E-state index >= 15 is 0 Å². The molecular formula is C15H26N4O. The summed E-state index contributed by atoms with van der Waals surface area (Å²) in [7, 11) is 0. The molecule has 3 heterocycles. The summed E-state index contributed by atoms with van der Waals surface area (Å²) >= 11 is 0. The van der Waals surface area contributed by atoms with Crippen LogP contribution in [0.3, 0.4) is 0 Å². The molecule has 2 saturated heterocycles. The van der Waals surface area contributed by atoms with Gasteiger partial charge >= 0.3 is 0 Å². The molecule has 5 nitrogen and oxygen atoms in total. The first kappa shape index (κ1) is 14.0. The second-order valence-corrected chi connectivity index (χ2v) is 5.96. The van der Waals surface area contributed by atoms with Crippen molar-refractivity contribution in [3.63, 3.8) is 0 Å². The first-order chi connectivity index (χ1) is 9.85. The van der Waals surface area contributed by atoms with E-state index in [1.807, 2.05) is 10.9 Å². The average Bonchev–Trinajstić information content (AvgIpc) is 2.98. The third kappa shape index (κ3) is 3.40. The lowest BCUT2D eigenvalue weighted by atomic mass is 9.98. The molecule has 0 spiro atoms. The number of morpholine rings is 1. The van der Waals surface area contributed by atoms with Gasteiger partial charge in [0.2, 0.25) is 0 Å². The fourth-order valence-electron chi connectivity index (χ4n) is 3.23. The van der Waals surface area contributed by atoms with Crippen LogP contribution in [0.1, 0.15) is 31.4 Å². The second-order valence-electron chi connectivity index (χ2n) is 5.96. The van der Waals surface area contributed by atoms with Gasteiger partial charge in [0.25, 0.3) is 0 Å². The molecule has 0 saturated carbocycles. The van der Waals surface area contributed by atoms with Crippen molar-refractivity contribution in [2.75, 3.05) is 39.3 Å². The second kappa shape index (κ2) is 6.70. The minimum absolute atomic E-state index is 0.195. The van der Waals surface area contributed by atoms with Crippen LogP contribution in [0.25, 0.3) is 0 Å². The number of aryl methyl sites for hydroxylation is 1. The number of piperidine rings is 1. The molecule has 1 aromatic heterocycles. The Bertz CT molecular complexity index is 414. The van der Waals surface area contributed by atoms with Gasteiger partial charge in [-0.3, -0.25) is 9.58 Å². The summed E-state index contributed by atoms with van der Waals surface area (Å²) in [6.07, 6.45) is 6.96. The van der Waals surface area contributed by atoms with Gasteiger partial charge in [-0.25, -0.2) is 0 Å². The molecule has 2 fully saturated rings. The Morgan fingerprint density at radius 2 is 2.45 bits per heavy atom. The third-order valence-corrected chi connectivity index (χ3v) is 4.41. The van der Waals surface area contributed by atoms with Crippen molar-refractivity contribution in [3.05, 3.63) is 18.0 Å². The molecule has 20 heavy (non-hydrogen) atoms. The van der Waals surface area contributed by atoms with E-state index < -0.39 is 0 Å². The van der Waals surface area contributed by atoms with E-state index in [-0.39, 0.29) is 6.10 Å². The van der Waals surface area contributed by atoms with E-state index in [0.717, 1.165) is 32.2 Å². The molecule has 0 aliphatic carbocycles. The topological polar surface area (TPSA) is 42.3 Å². The molecule has 2 unspecified atom stereocenters. The van der Waals surface area contributed by atoms with Crippen LogP contribution in [0.2, 0.25) is 0 Å². The molecular weight excluding hydrogens is 252 g/mol. The minimum Gasteiger partial charge on any atom is -0.371 e. The van der Waals surface area contributed by atoms with Gasteiger partial charge in [0.1, 0.15) is 0 Å². The molecule has 2 aliphatic rings. The predicted molar refractivity (Wildman–Crippen MR) is 78.6 cm³/mol. The van der Waals surface area contributed by atoms with E-state index in [4.69, 9.17) is 4.74 Å². The molecule has 1 aromatic rings. The Morgan fingerprint density at radius 1 is 1.50 bits per heavy atom. The van der Waals surface area contributed by atoms with E-state index in [9.17, 15) is 0 Å². The Morgan fingerprint density at radius 3 is 3.20 bits per heavy atom. The summed E-state index contributed by atoms with van der Waals surface area (Å²) in [5, 5.41) is 7.87. The zero-order valence-electron chi connectivity index (χ0n) is 12.4. The number of aromatic nitrogens is 2. The van der Waals surface area contributed by atoms with Crippen LogP contribution in [-0.4, -0.2) is 54.0 Å². The monoisotopic (exact) mass is 278 g/mol. The minimum atomic E-state index is 0.195. The van der Waals surface area contributed by atoms with Crippen LogP contribution in [0, 0.1) is 5.92 Å². The Kier molecular flexibility index (Phi) is 4.70. The van der Waals surface area contributed by atoms with Gasteiger partial charge in [0, 0.05) is 37.9 Å². The quantitative estimate of drug-likeness (QED) is 0.901. The number of rotatable bonds is 4. The highest BCUT2D eigenvalue weighted by atomic mass is 16.5. The van der Waals surface area contributed by atoms with Crippen molar-refractivity contribution in [1.82, 2.24) is 20.0 Å². The van der Waals surface area contributed by atoms with E-state index in [1.54, 1.807) is 0 Å². The summed E-state index contributed by atoms with van der Waals surface area (Å²) in [6.45, 7) is 9.51. The van der Waals surface area contributed by atoms with E-state index in [0.29, 0.717) is 0 Å². The van der Waals surface area contributed by atoms with Crippen LogP contribution in [0.5, 0.6) is 0 Å². The summed E-state index contributed by atoms with van der Waals surface area (Å²) in [4.78, 5) is 2.56. The lowest BCUT2D eigenvalue weighted by Crippen LogP contribution is -2.44. The maximum absolute atomic E-state index is 5.93. The molecule has 2 aliphatic heterocycles. The number of hydrogen-bond acceptors (Lipinski definition) is 4. The summed E-state index contributed by atoms with van der Waals surface area (Å²) in [6, 6.07) is 0. The molecule has 0 aromatic carbocycles. The van der Waals surface area contributed by atoms with Gasteiger partial charge in [0.15, 0.2) is 0 Å². The first-order valence-corrected chi connectivity index (χ1v) is 7.92. The zero-order chi connectivity index (χ0) is 13.8. The van der Waals surface area contributed by atoms with Gasteiger partial charge in [-0.2, -0.15) is 5.10 Å². The molecule has 1 N–H and O–H groups in total. The van der Waals surface area contributed by atoms with Crippen LogP contribution >= 0.6 is 0 Å². The van der Waals surface area contributed by atoms with Gasteiger partial charge < -0.3 is 10.1 Å². The molecule has 5 heteroatoms. The van der Waals surface area contributed by atoms with Crippen LogP contribution < -0.4 is 5.32 Å². The van der Waals surface area contributed by atoms with Gasteiger partial charge in [-0.1, -0.05) is 0 Å². The summed E-state index contributed by atoms with van der Waals surface area (Å²) in [5.41, 5.74) is 1.22. The Balaban J connectivity index is 1.55. The fraction of sp³-hybridized carbons (Fsp3) is 0.800. The molecule has 0 radical (unpaired) electrons. The Hall–Kier alpha value is -0.910. The van der Waals surface area contributed by atoms with Crippen molar-refractivity contribution in [2.45, 2.75) is 32.4 Å². The maximum Gasteiger partial charge on any atom is 0.0982 e. The van der Waals surface area contributed by atoms with Gasteiger partial charge in [0.05, 0.1) is 18.9 Å². The standard InChI is InChI=1S/C15H26N4O/c1-2-19-11-14(9-17-19)15-12-18(6-7-20-15)10-13-4-3-5-16-8-13/h9,11,13,15-16H,2-8,10,12H2,1H3. The Labute approximate surface area is 121 Å². The molecule has 3 rings (SSSR count). The van der Waals surface area contributed by atoms with Crippen LogP contribution in [-0.2, 0) is 11.3 Å². The number of nitrogens with one attached hydrogen (secondary N) is 1. The zero-order valence-corrected chi connectivity index (χ0v) is 12.4. The summed E-state index contributed by atoms with van der Waals surface area (Å²) < 4.78 is 7.91. The highest BCUT2D eigenvalue weighted by Crippen LogP contribution is 2.23. The van der Waals surface area contributed by atoms with Crippen molar-refractivity contribution >= 4 is 0 Å². The fourth-order valence-corrected chi connectivity index (χ4v) is 3.23. The van der Waals surface area contributed by atoms with Crippen molar-refractivity contribution in [2.24, 2.45) is 5.92 Å². The van der Waals surface area contributed by atoms with Gasteiger partial charge in [-0.05, 0) is 38.8 Å². The molecule has 2 atom stereocenters. The normalized spacial score (nSPS) is 28.6. The van der Waals surface area contributed by atoms with Crippen molar-refractivity contribution in [3.8, 4) is 0 Å². The highest BCUT2D eigenvalue weighted by molar-refractivity contribution is 5.09. The summed E-state index contributed by atoms with van der Waals surface area (Å²) in [5.74, 6) is 0.806. The largest absolute Gasteiger partial charge is 0.371 e. The van der Waals surface area contributed by atoms with Gasteiger partial charge in [-0.15, -0.1) is 0 Å². The SMILES string of the molecule is CCn1cc(C2CN(CC3CCCNC3)CCO2)cn1. The van der Waals surface area contributed by atoms with Crippen LogP contribution in [0.15, 0.2) is 12.4 Å². The molecule has 0 amide bonds. The first-order valence-electron chi connectivity index (χ1n) is 7.92. The predicted octanol–water partition coefficient (Wildman–Crippen LogP) is 1.28. The lowest BCUT2D eigenvalue weighted by Gasteiger charge is -2.35. The molecule has 0 bridgehead atoms.